The predicted octanol–water partition coefficient (Wildman–Crippen LogP) is 2.04. The van der Waals surface area contributed by atoms with E-state index in [0.29, 0.717) is 12.4 Å². The Hall–Kier alpha value is -1.75. The summed E-state index contributed by atoms with van der Waals surface area (Å²) < 4.78 is 11.0. The molecule has 1 rings (SSSR count). The molecule has 0 aromatic heterocycles. The first-order valence-electron chi connectivity index (χ1n) is 6.27. The van der Waals surface area contributed by atoms with E-state index >= 15 is 0 Å². The summed E-state index contributed by atoms with van der Waals surface area (Å²) in [4.78, 5) is 10.9. The van der Waals surface area contributed by atoms with Gasteiger partial charge >= 0.3 is 5.97 Å². The van der Waals surface area contributed by atoms with E-state index < -0.39 is 11.5 Å². The molecule has 106 valence electrons. The van der Waals surface area contributed by atoms with Gasteiger partial charge in [-0.2, -0.15) is 0 Å². The van der Waals surface area contributed by atoms with Crippen molar-refractivity contribution >= 4 is 5.97 Å². The summed E-state index contributed by atoms with van der Waals surface area (Å²) in [6, 6.07) is 7.20. The smallest absolute Gasteiger partial charge is 0.323 e. The van der Waals surface area contributed by atoms with Crippen molar-refractivity contribution in [3.8, 4) is 11.5 Å². The van der Waals surface area contributed by atoms with Crippen LogP contribution in [0.15, 0.2) is 24.3 Å². The van der Waals surface area contributed by atoms with Gasteiger partial charge in [0.15, 0.2) is 0 Å². The van der Waals surface area contributed by atoms with E-state index in [1.54, 1.807) is 19.1 Å². The SMILES string of the molecule is CCOc1ccc(OC(C)CC(C)(N)C(=O)O)cc1. The standard InChI is InChI=1S/C14H21NO4/c1-4-18-11-5-7-12(8-6-11)19-10(2)9-14(3,15)13(16)17/h5-8,10H,4,9,15H2,1-3H3,(H,16,17). The van der Waals surface area contributed by atoms with Gasteiger partial charge in [-0.25, -0.2) is 0 Å². The molecule has 5 nitrogen and oxygen atoms in total. The van der Waals surface area contributed by atoms with Crippen LogP contribution in [0.3, 0.4) is 0 Å². The van der Waals surface area contributed by atoms with Gasteiger partial charge in [-0.15, -0.1) is 0 Å². The van der Waals surface area contributed by atoms with Crippen LogP contribution in [0, 0.1) is 0 Å². The molecule has 0 aliphatic carbocycles. The zero-order chi connectivity index (χ0) is 14.5. The lowest BCUT2D eigenvalue weighted by molar-refractivity contribution is -0.143. The zero-order valence-electron chi connectivity index (χ0n) is 11.6. The molecule has 1 aromatic rings. The first-order chi connectivity index (χ1) is 8.85. The third-order valence-corrected chi connectivity index (χ3v) is 2.67. The van der Waals surface area contributed by atoms with E-state index in [9.17, 15) is 4.79 Å². The van der Waals surface area contributed by atoms with Crippen molar-refractivity contribution in [3.63, 3.8) is 0 Å². The molecule has 0 aliphatic rings. The molecule has 0 bridgehead atoms. The Balaban J connectivity index is 2.57. The second-order valence-electron chi connectivity index (χ2n) is 4.76. The number of benzene rings is 1. The average Bonchev–Trinajstić information content (AvgIpc) is 2.31. The van der Waals surface area contributed by atoms with Gasteiger partial charge in [0, 0.05) is 6.42 Å². The lowest BCUT2D eigenvalue weighted by Gasteiger charge is -2.24. The highest BCUT2D eigenvalue weighted by Gasteiger charge is 2.30. The van der Waals surface area contributed by atoms with Crippen molar-refractivity contribution in [2.45, 2.75) is 38.8 Å². The minimum atomic E-state index is -1.29. The van der Waals surface area contributed by atoms with Crippen LogP contribution in [0.4, 0.5) is 0 Å². The van der Waals surface area contributed by atoms with Gasteiger partial charge in [-0.05, 0) is 45.0 Å². The molecule has 0 radical (unpaired) electrons. The van der Waals surface area contributed by atoms with Crippen LogP contribution < -0.4 is 15.2 Å². The number of rotatable bonds is 7. The number of carboxylic acid groups (broad SMARTS) is 1. The maximum atomic E-state index is 10.9. The quantitative estimate of drug-likeness (QED) is 0.790. The Labute approximate surface area is 113 Å². The summed E-state index contributed by atoms with van der Waals surface area (Å²) in [5, 5.41) is 8.95. The van der Waals surface area contributed by atoms with Gasteiger partial charge in [0.25, 0.3) is 0 Å². The number of hydrogen-bond donors (Lipinski definition) is 2. The van der Waals surface area contributed by atoms with Gasteiger partial charge in [0.2, 0.25) is 0 Å². The topological polar surface area (TPSA) is 81.8 Å². The summed E-state index contributed by atoms with van der Waals surface area (Å²) in [5.41, 5.74) is 4.39. The number of carboxylic acids is 1. The Morgan fingerprint density at radius 1 is 1.37 bits per heavy atom. The Morgan fingerprint density at radius 3 is 2.37 bits per heavy atom. The summed E-state index contributed by atoms with van der Waals surface area (Å²) in [5.74, 6) is 0.406. The fourth-order valence-corrected chi connectivity index (χ4v) is 1.74. The largest absolute Gasteiger partial charge is 0.494 e. The minimum Gasteiger partial charge on any atom is -0.494 e. The normalized spacial score (nSPS) is 15.4. The Morgan fingerprint density at radius 2 is 1.89 bits per heavy atom. The van der Waals surface area contributed by atoms with E-state index in [1.807, 2.05) is 19.1 Å². The lowest BCUT2D eigenvalue weighted by atomic mass is 9.96. The van der Waals surface area contributed by atoms with Gasteiger partial charge < -0.3 is 20.3 Å². The number of hydrogen-bond acceptors (Lipinski definition) is 4. The molecule has 0 spiro atoms. The molecule has 0 amide bonds. The van der Waals surface area contributed by atoms with Gasteiger partial charge in [0.05, 0.1) is 12.7 Å². The Kier molecular flexibility index (Phi) is 5.18. The highest BCUT2D eigenvalue weighted by atomic mass is 16.5. The molecule has 2 unspecified atom stereocenters. The maximum Gasteiger partial charge on any atom is 0.323 e. The number of carbonyl (C=O) groups is 1. The summed E-state index contributed by atoms with van der Waals surface area (Å²) >= 11 is 0. The van der Waals surface area contributed by atoms with Crippen LogP contribution in [0.25, 0.3) is 0 Å². The van der Waals surface area contributed by atoms with Crippen molar-refractivity contribution in [1.29, 1.82) is 0 Å². The molecule has 19 heavy (non-hydrogen) atoms. The number of nitrogens with two attached hydrogens (primary N) is 1. The second kappa shape index (κ2) is 6.43. The molecule has 0 saturated carbocycles. The van der Waals surface area contributed by atoms with Crippen molar-refractivity contribution in [1.82, 2.24) is 0 Å². The van der Waals surface area contributed by atoms with Gasteiger partial charge in [-0.3, -0.25) is 4.79 Å². The van der Waals surface area contributed by atoms with Crippen molar-refractivity contribution < 1.29 is 19.4 Å². The van der Waals surface area contributed by atoms with E-state index in [4.69, 9.17) is 20.3 Å². The predicted molar refractivity (Wildman–Crippen MR) is 72.5 cm³/mol. The molecule has 0 aliphatic heterocycles. The van der Waals surface area contributed by atoms with Crippen LogP contribution in [-0.2, 0) is 4.79 Å². The fraction of sp³-hybridized carbons (Fsp3) is 0.500. The zero-order valence-corrected chi connectivity index (χ0v) is 11.6. The molecule has 0 heterocycles. The van der Waals surface area contributed by atoms with Gasteiger partial charge in [-0.1, -0.05) is 0 Å². The molecule has 1 aromatic carbocycles. The highest BCUT2D eigenvalue weighted by Crippen LogP contribution is 2.20. The third kappa shape index (κ3) is 4.79. The second-order valence-corrected chi connectivity index (χ2v) is 4.76. The Bertz CT molecular complexity index is 414. The monoisotopic (exact) mass is 267 g/mol. The minimum absolute atomic E-state index is 0.232. The van der Waals surface area contributed by atoms with E-state index in [1.165, 1.54) is 6.92 Å². The van der Waals surface area contributed by atoms with Crippen LogP contribution in [0.1, 0.15) is 27.2 Å². The van der Waals surface area contributed by atoms with Crippen LogP contribution in [0.5, 0.6) is 11.5 Å². The van der Waals surface area contributed by atoms with Crippen LogP contribution in [-0.4, -0.2) is 29.3 Å². The first kappa shape index (κ1) is 15.3. The molecule has 0 saturated heterocycles. The highest BCUT2D eigenvalue weighted by molar-refractivity contribution is 5.77. The molecule has 0 fully saturated rings. The van der Waals surface area contributed by atoms with E-state index in [0.717, 1.165) is 5.75 Å². The van der Waals surface area contributed by atoms with Crippen molar-refractivity contribution in [3.05, 3.63) is 24.3 Å². The van der Waals surface area contributed by atoms with E-state index in [2.05, 4.69) is 0 Å². The summed E-state index contributed by atoms with van der Waals surface area (Å²) in [7, 11) is 0. The molecular weight excluding hydrogens is 246 g/mol. The van der Waals surface area contributed by atoms with Crippen molar-refractivity contribution in [2.24, 2.45) is 5.73 Å². The first-order valence-corrected chi connectivity index (χ1v) is 6.27. The van der Waals surface area contributed by atoms with Crippen LogP contribution >= 0.6 is 0 Å². The molecular formula is C14H21NO4. The average molecular weight is 267 g/mol. The summed E-state index contributed by atoms with van der Waals surface area (Å²) in [6.07, 6.45) is -0.0562. The summed E-state index contributed by atoms with van der Waals surface area (Å²) in [6.45, 7) is 5.80. The lowest BCUT2D eigenvalue weighted by Crippen LogP contribution is -2.47. The van der Waals surface area contributed by atoms with Crippen LogP contribution in [0.2, 0.25) is 0 Å². The van der Waals surface area contributed by atoms with Crippen molar-refractivity contribution in [2.75, 3.05) is 6.61 Å². The van der Waals surface area contributed by atoms with E-state index in [-0.39, 0.29) is 12.5 Å². The fourth-order valence-electron chi connectivity index (χ4n) is 1.74. The molecule has 3 N–H and O–H groups in total. The number of ether oxygens (including phenoxy) is 2. The maximum absolute atomic E-state index is 10.9. The molecule has 2 atom stereocenters. The van der Waals surface area contributed by atoms with Gasteiger partial charge in [0.1, 0.15) is 17.0 Å². The number of aliphatic carboxylic acids is 1. The molecule has 5 heteroatoms. The third-order valence-electron chi connectivity index (χ3n) is 2.67.